The Balaban J connectivity index is 0.000000181. The topological polar surface area (TPSA) is 270 Å². The summed E-state index contributed by atoms with van der Waals surface area (Å²) in [5.41, 5.74) is 8.66. The molecule has 454 valence electrons. The van der Waals surface area contributed by atoms with Crippen molar-refractivity contribution in [3.63, 3.8) is 0 Å². The van der Waals surface area contributed by atoms with E-state index >= 15 is 0 Å². The summed E-state index contributed by atoms with van der Waals surface area (Å²) < 4.78 is 16.4. The first-order chi connectivity index (χ1) is 40.3. The molecule has 14 atom stereocenters. The molecule has 2 fully saturated rings. The lowest BCUT2D eigenvalue weighted by Crippen LogP contribution is -2.51. The smallest absolute Gasteiger partial charge is 0.119 e. The predicted molar refractivity (Wildman–Crippen MR) is 323 cm³/mol. The summed E-state index contributed by atoms with van der Waals surface area (Å²) in [6.07, 6.45) is -6.61. The standard InChI is InChI=1S/2C22H27ClO5.C22H25ClO5/c3*1-2-28-17-6-3-13(4-7-17)9-15-10-14(5-8-19(15)23)18-11-16(12-24)20(25)22(27)21(18)26/h2*3-8,10,16,18,20-22,24-27H,2,9,11-12H2,1H3;3-8,10-11,18,20-22,24-27H,2,9,12H2,1H3/t16-,18+,20+,21-,22-;16-,18-,20-,21+,22+;18-,20-,21+,22+/m011/s1. The highest BCUT2D eigenvalue weighted by Crippen LogP contribution is 2.41. The molecule has 0 aromatic heterocycles. The first-order valence-corrected chi connectivity index (χ1v) is 29.6. The molecule has 0 radical (unpaired) electrons. The molecule has 12 N–H and O–H groups in total. The first kappa shape index (κ1) is 66.4. The van der Waals surface area contributed by atoms with Gasteiger partial charge >= 0.3 is 0 Å². The van der Waals surface area contributed by atoms with Gasteiger partial charge in [-0.1, -0.05) is 114 Å². The second-order valence-corrected chi connectivity index (χ2v) is 22.9. The van der Waals surface area contributed by atoms with Crippen LogP contribution in [0.4, 0.5) is 0 Å². The molecule has 15 nitrogen and oxygen atoms in total. The lowest BCUT2D eigenvalue weighted by molar-refractivity contribution is -0.127. The maximum absolute atomic E-state index is 10.5. The van der Waals surface area contributed by atoms with Crippen molar-refractivity contribution in [1.82, 2.24) is 0 Å². The second-order valence-electron chi connectivity index (χ2n) is 21.7. The SMILES string of the molecule is CCOc1ccc(Cc2cc([C@H]3C=C(CO)[C@@H](O)[C@H](O)[C@H]3O)ccc2Cl)cc1.CCOc1ccc(Cc2cc([C@H]3C[C@@H](CO)[C@@H](O)[C@H](O)[C@H]3O)ccc2Cl)cc1.CCOc1ccc(Cc2cc([C@H]3C[C@H](CO)[C@@H](O)[C@H](O)[C@H]3O)ccc2Cl)cc1. The van der Waals surface area contributed by atoms with Gasteiger partial charge in [0.25, 0.3) is 0 Å². The first-order valence-electron chi connectivity index (χ1n) is 28.5. The second kappa shape index (κ2) is 31.5. The number of aliphatic hydroxyl groups excluding tert-OH is 12. The third-order valence-electron chi connectivity index (χ3n) is 16.1. The van der Waals surface area contributed by atoms with E-state index in [-0.39, 0.29) is 31.7 Å². The van der Waals surface area contributed by atoms with Crippen LogP contribution in [0, 0.1) is 11.8 Å². The van der Waals surface area contributed by atoms with Crippen LogP contribution in [0.1, 0.15) is 101 Å². The normalized spacial score (nSPS) is 26.6. The van der Waals surface area contributed by atoms with Gasteiger partial charge in [0, 0.05) is 57.9 Å². The number of aliphatic hydroxyl groups is 12. The van der Waals surface area contributed by atoms with E-state index in [2.05, 4.69) is 0 Å². The maximum atomic E-state index is 10.5. The Hall–Kier alpha value is -5.15. The van der Waals surface area contributed by atoms with E-state index in [9.17, 15) is 61.3 Å². The number of hydrogen-bond acceptors (Lipinski definition) is 15. The molecule has 9 rings (SSSR count). The van der Waals surface area contributed by atoms with Crippen LogP contribution in [-0.4, -0.2) is 156 Å². The molecule has 0 aliphatic heterocycles. The summed E-state index contributed by atoms with van der Waals surface area (Å²) >= 11 is 19.2. The molecular formula is C66H79Cl3O15. The van der Waals surface area contributed by atoms with E-state index in [0.717, 1.165) is 67.3 Å². The molecule has 0 bridgehead atoms. The molecule has 6 aromatic rings. The third-order valence-corrected chi connectivity index (χ3v) is 17.2. The van der Waals surface area contributed by atoms with Crippen molar-refractivity contribution in [2.75, 3.05) is 39.6 Å². The van der Waals surface area contributed by atoms with E-state index < -0.39 is 72.7 Å². The Morgan fingerprint density at radius 2 is 0.726 bits per heavy atom. The Bertz CT molecular complexity index is 2900. The van der Waals surface area contributed by atoms with Crippen LogP contribution in [0.25, 0.3) is 0 Å². The summed E-state index contributed by atoms with van der Waals surface area (Å²) in [6, 6.07) is 40.0. The predicted octanol–water partition coefficient (Wildman–Crippen LogP) is 7.44. The number of rotatable bonds is 18. The molecule has 18 heteroatoms. The Morgan fingerprint density at radius 1 is 0.393 bits per heavy atom. The van der Waals surface area contributed by atoms with Crippen LogP contribution in [0.5, 0.6) is 17.2 Å². The third kappa shape index (κ3) is 16.7. The number of benzene rings is 6. The highest BCUT2D eigenvalue weighted by molar-refractivity contribution is 6.32. The summed E-state index contributed by atoms with van der Waals surface area (Å²) in [5.74, 6) is 0.182. The van der Waals surface area contributed by atoms with Gasteiger partial charge in [0.05, 0.1) is 56.9 Å². The van der Waals surface area contributed by atoms with Crippen molar-refractivity contribution in [1.29, 1.82) is 0 Å². The largest absolute Gasteiger partial charge is 0.494 e. The zero-order valence-corrected chi connectivity index (χ0v) is 49.6. The van der Waals surface area contributed by atoms with E-state index in [1.807, 2.05) is 124 Å². The van der Waals surface area contributed by atoms with Gasteiger partial charge in [-0.3, -0.25) is 0 Å². The van der Waals surface area contributed by atoms with E-state index in [4.69, 9.17) is 49.0 Å². The molecular weight excluding hydrogens is 1140 g/mol. The molecule has 3 aliphatic carbocycles. The van der Waals surface area contributed by atoms with Crippen LogP contribution in [-0.2, 0) is 19.3 Å². The number of ether oxygens (including phenoxy) is 3. The van der Waals surface area contributed by atoms with Crippen LogP contribution >= 0.6 is 34.8 Å². The summed E-state index contributed by atoms with van der Waals surface area (Å²) in [5, 5.41) is 122. The highest BCUT2D eigenvalue weighted by Gasteiger charge is 2.44. The summed E-state index contributed by atoms with van der Waals surface area (Å²) in [6.45, 7) is 6.80. The number of hydrogen-bond donors (Lipinski definition) is 12. The van der Waals surface area contributed by atoms with Crippen molar-refractivity contribution in [2.24, 2.45) is 11.8 Å². The van der Waals surface area contributed by atoms with Gasteiger partial charge in [-0.2, -0.15) is 0 Å². The van der Waals surface area contributed by atoms with E-state index in [1.165, 1.54) is 0 Å². The lowest BCUT2D eigenvalue weighted by Gasteiger charge is -2.40. The van der Waals surface area contributed by atoms with Crippen molar-refractivity contribution < 1.29 is 75.5 Å². The zero-order chi connectivity index (χ0) is 60.8. The average Bonchev–Trinajstić information content (AvgIpc) is 3.07. The fourth-order valence-corrected chi connectivity index (χ4v) is 11.8. The maximum Gasteiger partial charge on any atom is 0.119 e. The molecule has 2 saturated carbocycles. The molecule has 0 unspecified atom stereocenters. The average molecular weight is 1220 g/mol. The van der Waals surface area contributed by atoms with Crippen LogP contribution < -0.4 is 14.2 Å². The van der Waals surface area contributed by atoms with Gasteiger partial charge in [0.15, 0.2) is 0 Å². The summed E-state index contributed by atoms with van der Waals surface area (Å²) in [4.78, 5) is 0. The fraction of sp³-hybridized carbons (Fsp3) is 0.424. The lowest BCUT2D eigenvalue weighted by atomic mass is 9.73. The number of halogens is 3. The zero-order valence-electron chi connectivity index (χ0n) is 47.3. The molecule has 6 aromatic carbocycles. The van der Waals surface area contributed by atoms with Crippen LogP contribution in [0.3, 0.4) is 0 Å². The van der Waals surface area contributed by atoms with Gasteiger partial charge in [-0.05, 0) is 163 Å². The molecule has 0 heterocycles. The fourth-order valence-electron chi connectivity index (χ4n) is 11.3. The van der Waals surface area contributed by atoms with Crippen LogP contribution in [0.15, 0.2) is 139 Å². The van der Waals surface area contributed by atoms with Crippen molar-refractivity contribution in [2.45, 2.75) is 126 Å². The monoisotopic (exact) mass is 1220 g/mol. The molecule has 84 heavy (non-hydrogen) atoms. The quantitative estimate of drug-likeness (QED) is 0.0373. The van der Waals surface area contributed by atoms with Gasteiger partial charge in [-0.15, -0.1) is 0 Å². The Kier molecular flexibility index (Phi) is 24.9. The van der Waals surface area contributed by atoms with Crippen molar-refractivity contribution >= 4 is 34.8 Å². The van der Waals surface area contributed by atoms with Crippen LogP contribution in [0.2, 0.25) is 15.1 Å². The minimum Gasteiger partial charge on any atom is -0.494 e. The Morgan fingerprint density at radius 3 is 1.05 bits per heavy atom. The molecule has 0 saturated heterocycles. The summed E-state index contributed by atoms with van der Waals surface area (Å²) in [7, 11) is 0. The van der Waals surface area contributed by atoms with E-state index in [1.54, 1.807) is 30.3 Å². The van der Waals surface area contributed by atoms with Crippen molar-refractivity contribution in [3.8, 4) is 17.2 Å². The van der Waals surface area contributed by atoms with E-state index in [0.29, 0.717) is 72.6 Å². The minimum atomic E-state index is -1.36. The van der Waals surface area contributed by atoms with Gasteiger partial charge in [0.2, 0.25) is 0 Å². The highest BCUT2D eigenvalue weighted by atomic mass is 35.5. The molecule has 0 amide bonds. The minimum absolute atomic E-state index is 0.242. The molecule has 0 spiro atoms. The van der Waals surface area contributed by atoms with Gasteiger partial charge in [0.1, 0.15) is 41.7 Å². The van der Waals surface area contributed by atoms with Gasteiger partial charge in [-0.25, -0.2) is 0 Å². The molecule has 3 aliphatic rings. The van der Waals surface area contributed by atoms with Gasteiger partial charge < -0.3 is 75.5 Å². The Labute approximate surface area is 506 Å². The van der Waals surface area contributed by atoms with Crippen molar-refractivity contribution in [3.05, 3.63) is 204 Å².